The molecule has 0 saturated carbocycles. The van der Waals surface area contributed by atoms with Crippen LogP contribution in [0.25, 0.3) is 0 Å². The second kappa shape index (κ2) is 4.28. The molecule has 0 aromatic carbocycles. The molecule has 0 spiro atoms. The number of carbonyl (C=O) groups excluding carboxylic acids is 1. The lowest BCUT2D eigenvalue weighted by Crippen LogP contribution is -2.36. The monoisotopic (exact) mass is 198 g/mol. The maximum atomic E-state index is 11.2. The van der Waals surface area contributed by atoms with Crippen LogP contribution in [0.3, 0.4) is 0 Å². The summed E-state index contributed by atoms with van der Waals surface area (Å²) in [6, 6.07) is 3.66. The van der Waals surface area contributed by atoms with Crippen LogP contribution in [0.5, 0.6) is 0 Å². The molecule has 0 fully saturated rings. The molecule has 0 bridgehead atoms. The van der Waals surface area contributed by atoms with Gasteiger partial charge in [0.25, 0.3) is 5.69 Å². The van der Waals surface area contributed by atoms with E-state index >= 15 is 0 Å². The number of nitrogens with zero attached hydrogens (tertiary/aromatic N) is 1. The van der Waals surface area contributed by atoms with E-state index in [9.17, 15) is 4.79 Å². The molecule has 1 heterocycles. The van der Waals surface area contributed by atoms with E-state index in [1.807, 2.05) is 25.6 Å². The van der Waals surface area contributed by atoms with E-state index in [0.717, 1.165) is 4.90 Å². The highest BCUT2D eigenvalue weighted by atomic mass is 32.2. The molecular formula is C9H12NO2S+. The van der Waals surface area contributed by atoms with Gasteiger partial charge in [-0.1, -0.05) is 0 Å². The maximum Gasteiger partial charge on any atom is 0.403 e. The minimum Gasteiger partial charge on any atom is -0.461 e. The molecule has 0 N–H and O–H groups in total. The molecule has 0 aliphatic rings. The van der Waals surface area contributed by atoms with Crippen molar-refractivity contribution in [2.24, 2.45) is 7.05 Å². The Morgan fingerprint density at radius 3 is 2.69 bits per heavy atom. The zero-order valence-electron chi connectivity index (χ0n) is 7.90. The zero-order valence-corrected chi connectivity index (χ0v) is 8.72. The first-order valence-corrected chi connectivity index (χ1v) is 5.03. The number of hydrogen-bond donors (Lipinski definition) is 0. The van der Waals surface area contributed by atoms with Crippen molar-refractivity contribution in [3.63, 3.8) is 0 Å². The number of pyridine rings is 1. The van der Waals surface area contributed by atoms with Crippen molar-refractivity contribution in [3.05, 3.63) is 24.0 Å². The fraction of sp³-hybridized carbons (Fsp3) is 0.333. The second-order valence-electron chi connectivity index (χ2n) is 2.56. The number of esters is 1. The summed E-state index contributed by atoms with van der Waals surface area (Å²) < 4.78 is 6.39. The predicted molar refractivity (Wildman–Crippen MR) is 50.7 cm³/mol. The van der Waals surface area contributed by atoms with Gasteiger partial charge in [0.15, 0.2) is 6.20 Å². The maximum absolute atomic E-state index is 11.2. The van der Waals surface area contributed by atoms with Crippen molar-refractivity contribution in [1.29, 1.82) is 0 Å². The summed E-state index contributed by atoms with van der Waals surface area (Å²) in [5.41, 5.74) is 0.556. The molecule has 0 saturated heterocycles. The summed E-state index contributed by atoms with van der Waals surface area (Å²) in [6.45, 7) is 0. The average Bonchev–Trinajstić information content (AvgIpc) is 2.16. The lowest BCUT2D eigenvalue weighted by Gasteiger charge is -1.98. The molecule has 13 heavy (non-hydrogen) atoms. The molecule has 0 unspecified atom stereocenters. The summed E-state index contributed by atoms with van der Waals surface area (Å²) in [5, 5.41) is 0. The molecule has 1 rings (SSSR count). The molecule has 4 heteroatoms. The molecule has 0 aliphatic heterocycles. The highest BCUT2D eigenvalue weighted by Gasteiger charge is 2.16. The number of methoxy groups -OCH3 is 1. The number of carbonyl (C=O) groups is 1. The highest BCUT2D eigenvalue weighted by Crippen LogP contribution is 2.11. The van der Waals surface area contributed by atoms with E-state index in [0.29, 0.717) is 5.69 Å². The number of thioether (sulfide) groups is 1. The summed E-state index contributed by atoms with van der Waals surface area (Å²) in [5.74, 6) is -0.310. The lowest BCUT2D eigenvalue weighted by atomic mass is 10.3. The van der Waals surface area contributed by atoms with Crippen LogP contribution in [-0.2, 0) is 11.8 Å². The number of rotatable bonds is 2. The van der Waals surface area contributed by atoms with Gasteiger partial charge < -0.3 is 4.74 Å². The lowest BCUT2D eigenvalue weighted by molar-refractivity contribution is -0.675. The Labute approximate surface area is 81.7 Å². The Hall–Kier alpha value is -1.03. The standard InChI is InChI=1S/C9H12NO2S/c1-10-6-7(13-3)4-5-8(10)9(11)12-2/h4-6H,1-3H3/q+1. The van der Waals surface area contributed by atoms with Gasteiger partial charge in [-0.2, -0.15) is 4.57 Å². The number of aromatic nitrogens is 1. The van der Waals surface area contributed by atoms with Crippen molar-refractivity contribution in [1.82, 2.24) is 0 Å². The van der Waals surface area contributed by atoms with Gasteiger partial charge in [0.1, 0.15) is 7.05 Å². The molecule has 0 aliphatic carbocycles. The van der Waals surface area contributed by atoms with Gasteiger partial charge in [-0.3, -0.25) is 0 Å². The molecule has 0 atom stereocenters. The zero-order chi connectivity index (χ0) is 9.84. The Kier molecular flexibility index (Phi) is 3.31. The van der Waals surface area contributed by atoms with E-state index in [-0.39, 0.29) is 5.97 Å². The number of hydrogen-bond acceptors (Lipinski definition) is 3. The third-order valence-corrected chi connectivity index (χ3v) is 2.45. The summed E-state index contributed by atoms with van der Waals surface area (Å²) in [6.07, 6.45) is 3.89. The first-order valence-electron chi connectivity index (χ1n) is 3.81. The number of aryl methyl sites for hydroxylation is 1. The van der Waals surface area contributed by atoms with Crippen LogP contribution in [0.1, 0.15) is 10.5 Å². The normalized spacial score (nSPS) is 9.77. The Balaban J connectivity index is 3.05. The van der Waals surface area contributed by atoms with E-state index < -0.39 is 0 Å². The van der Waals surface area contributed by atoms with Crippen LogP contribution in [-0.4, -0.2) is 19.3 Å². The summed E-state index contributed by atoms with van der Waals surface area (Å²) in [7, 11) is 3.21. The van der Waals surface area contributed by atoms with E-state index in [4.69, 9.17) is 0 Å². The molecule has 0 radical (unpaired) electrons. The van der Waals surface area contributed by atoms with Gasteiger partial charge in [-0.05, 0) is 12.3 Å². The Morgan fingerprint density at radius 1 is 1.54 bits per heavy atom. The van der Waals surface area contributed by atoms with Crippen molar-refractivity contribution >= 4 is 17.7 Å². The van der Waals surface area contributed by atoms with Gasteiger partial charge in [0.05, 0.1) is 12.0 Å². The van der Waals surface area contributed by atoms with Crippen molar-refractivity contribution in [2.75, 3.05) is 13.4 Å². The minimum atomic E-state index is -0.310. The van der Waals surface area contributed by atoms with E-state index in [2.05, 4.69) is 4.74 Å². The quantitative estimate of drug-likeness (QED) is 0.404. The van der Waals surface area contributed by atoms with Gasteiger partial charge in [-0.15, -0.1) is 11.8 Å². The number of ether oxygens (including phenoxy) is 1. The largest absolute Gasteiger partial charge is 0.461 e. The van der Waals surface area contributed by atoms with E-state index in [1.165, 1.54) is 7.11 Å². The molecular weight excluding hydrogens is 186 g/mol. The molecule has 70 valence electrons. The average molecular weight is 198 g/mol. The van der Waals surface area contributed by atoms with Gasteiger partial charge in [-0.25, -0.2) is 4.79 Å². The van der Waals surface area contributed by atoms with Gasteiger partial charge >= 0.3 is 5.97 Å². The first kappa shape index (κ1) is 10.1. The highest BCUT2D eigenvalue weighted by molar-refractivity contribution is 7.98. The fourth-order valence-corrected chi connectivity index (χ4v) is 1.49. The van der Waals surface area contributed by atoms with Gasteiger partial charge in [0.2, 0.25) is 0 Å². The van der Waals surface area contributed by atoms with Crippen molar-refractivity contribution in [2.45, 2.75) is 4.90 Å². The van der Waals surface area contributed by atoms with Crippen LogP contribution in [0.2, 0.25) is 0 Å². The van der Waals surface area contributed by atoms with E-state index in [1.54, 1.807) is 22.4 Å². The van der Waals surface area contributed by atoms with Crippen LogP contribution in [0.4, 0.5) is 0 Å². The summed E-state index contributed by atoms with van der Waals surface area (Å²) in [4.78, 5) is 12.3. The minimum absolute atomic E-state index is 0.310. The smallest absolute Gasteiger partial charge is 0.403 e. The molecule has 0 amide bonds. The third-order valence-electron chi connectivity index (χ3n) is 1.74. The van der Waals surface area contributed by atoms with Crippen LogP contribution >= 0.6 is 11.8 Å². The Morgan fingerprint density at radius 2 is 2.23 bits per heavy atom. The Bertz CT molecular complexity index is 325. The van der Waals surface area contributed by atoms with Gasteiger partial charge in [0, 0.05) is 6.07 Å². The molecule has 3 nitrogen and oxygen atoms in total. The predicted octanol–water partition coefficient (Wildman–Crippen LogP) is 1.02. The topological polar surface area (TPSA) is 30.2 Å². The third kappa shape index (κ3) is 2.21. The molecule has 1 aromatic rings. The molecule has 1 aromatic heterocycles. The SMILES string of the molecule is COC(=O)c1ccc(SC)c[n+]1C. The van der Waals surface area contributed by atoms with Crippen LogP contribution < -0.4 is 4.57 Å². The van der Waals surface area contributed by atoms with Crippen LogP contribution in [0.15, 0.2) is 23.2 Å². The van der Waals surface area contributed by atoms with Crippen molar-refractivity contribution in [3.8, 4) is 0 Å². The fourth-order valence-electron chi connectivity index (χ4n) is 1.02. The second-order valence-corrected chi connectivity index (χ2v) is 3.44. The van der Waals surface area contributed by atoms with Crippen LogP contribution in [0, 0.1) is 0 Å². The first-order chi connectivity index (χ1) is 6.19. The summed E-state index contributed by atoms with van der Waals surface area (Å²) >= 11 is 1.64. The van der Waals surface area contributed by atoms with Crippen molar-refractivity contribution < 1.29 is 14.1 Å².